The topological polar surface area (TPSA) is 90.4 Å². The number of hydrogen-bond donors (Lipinski definition) is 1. The van der Waals surface area contributed by atoms with Crippen LogP contribution in [0.15, 0.2) is 11.0 Å². The van der Waals surface area contributed by atoms with E-state index in [1.165, 1.54) is 12.1 Å². The van der Waals surface area contributed by atoms with Crippen molar-refractivity contribution in [2.75, 3.05) is 20.3 Å². The lowest BCUT2D eigenvalue weighted by atomic mass is 10.3. The maximum absolute atomic E-state index is 11.4. The van der Waals surface area contributed by atoms with Gasteiger partial charge >= 0.3 is 0 Å². The molecule has 0 unspecified atom stereocenters. The minimum Gasteiger partial charge on any atom is -0.475 e. The van der Waals surface area contributed by atoms with Crippen molar-refractivity contribution >= 4 is 40.6 Å². The van der Waals surface area contributed by atoms with Crippen LogP contribution in [0.1, 0.15) is 5.69 Å². The molecule has 20 heavy (non-hydrogen) atoms. The predicted octanol–water partition coefficient (Wildman–Crippen LogP) is 1.48. The highest BCUT2D eigenvalue weighted by atomic mass is 35.5. The number of imide groups is 1. The van der Waals surface area contributed by atoms with E-state index < -0.39 is 11.1 Å². The maximum atomic E-state index is 11.4. The number of hydrogen-bond acceptors (Lipinski definition) is 7. The van der Waals surface area contributed by atoms with Gasteiger partial charge in [-0.3, -0.25) is 14.9 Å². The zero-order valence-electron chi connectivity index (χ0n) is 10.4. The Morgan fingerprint density at radius 2 is 2.20 bits per heavy atom. The largest absolute Gasteiger partial charge is 0.475 e. The molecule has 0 spiro atoms. The molecule has 1 fully saturated rings. The van der Waals surface area contributed by atoms with Crippen LogP contribution in [0.2, 0.25) is 5.28 Å². The first kappa shape index (κ1) is 14.8. The van der Waals surface area contributed by atoms with Gasteiger partial charge in [0, 0.05) is 13.2 Å². The average Bonchev–Trinajstić information content (AvgIpc) is 2.67. The quantitative estimate of drug-likeness (QED) is 0.500. The normalized spacial score (nSPS) is 16.6. The van der Waals surface area contributed by atoms with Crippen LogP contribution in [0.4, 0.5) is 4.79 Å². The Balaban J connectivity index is 2.17. The van der Waals surface area contributed by atoms with Gasteiger partial charge in [-0.25, -0.2) is 4.98 Å². The number of carbonyl (C=O) groups is 2. The van der Waals surface area contributed by atoms with Crippen LogP contribution in [0.5, 0.6) is 5.88 Å². The Labute approximate surface area is 123 Å². The van der Waals surface area contributed by atoms with E-state index in [4.69, 9.17) is 21.1 Å². The van der Waals surface area contributed by atoms with Crippen LogP contribution in [0.25, 0.3) is 6.08 Å². The first-order valence-corrected chi connectivity index (χ1v) is 6.69. The Morgan fingerprint density at radius 1 is 1.40 bits per heavy atom. The molecule has 2 amide bonds. The molecule has 0 radical (unpaired) electrons. The Bertz CT molecular complexity index is 579. The number of rotatable bonds is 5. The van der Waals surface area contributed by atoms with Gasteiger partial charge in [0.2, 0.25) is 11.2 Å². The molecule has 1 aromatic heterocycles. The summed E-state index contributed by atoms with van der Waals surface area (Å²) in [6.07, 6.45) is 1.45. The fourth-order valence-electron chi connectivity index (χ4n) is 1.35. The molecule has 2 heterocycles. The van der Waals surface area contributed by atoms with Crippen LogP contribution < -0.4 is 10.1 Å². The van der Waals surface area contributed by atoms with E-state index in [1.807, 2.05) is 0 Å². The van der Waals surface area contributed by atoms with Gasteiger partial charge in [0.15, 0.2) is 0 Å². The molecule has 0 aromatic carbocycles. The lowest BCUT2D eigenvalue weighted by Gasteiger charge is -2.05. The number of aromatic nitrogens is 2. The summed E-state index contributed by atoms with van der Waals surface area (Å²) in [7, 11) is 1.55. The van der Waals surface area contributed by atoms with Crippen molar-refractivity contribution in [2.24, 2.45) is 0 Å². The average molecular weight is 316 g/mol. The zero-order valence-corrected chi connectivity index (χ0v) is 12.0. The van der Waals surface area contributed by atoms with Crippen molar-refractivity contribution < 1.29 is 19.1 Å². The summed E-state index contributed by atoms with van der Waals surface area (Å²) in [5, 5.41) is 1.72. The number of methoxy groups -OCH3 is 1. The summed E-state index contributed by atoms with van der Waals surface area (Å²) in [6, 6.07) is 1.52. The van der Waals surface area contributed by atoms with Gasteiger partial charge in [0.25, 0.3) is 11.1 Å². The molecule has 9 heteroatoms. The third-order valence-corrected chi connectivity index (χ3v) is 3.13. The summed E-state index contributed by atoms with van der Waals surface area (Å²) in [6.45, 7) is 0.721. The van der Waals surface area contributed by atoms with Gasteiger partial charge < -0.3 is 9.47 Å². The Hall–Kier alpha value is -1.64. The van der Waals surface area contributed by atoms with Crippen LogP contribution >= 0.6 is 23.4 Å². The highest BCUT2D eigenvalue weighted by molar-refractivity contribution is 8.18. The molecule has 0 aliphatic carbocycles. The molecule has 1 aliphatic rings. The van der Waals surface area contributed by atoms with E-state index in [2.05, 4.69) is 15.3 Å². The van der Waals surface area contributed by atoms with Crippen LogP contribution in [-0.2, 0) is 9.53 Å². The van der Waals surface area contributed by atoms with E-state index in [1.54, 1.807) is 7.11 Å². The molecule has 7 nitrogen and oxygen atoms in total. The van der Waals surface area contributed by atoms with Gasteiger partial charge in [-0.15, -0.1) is 0 Å². The van der Waals surface area contributed by atoms with Crippen molar-refractivity contribution in [2.45, 2.75) is 0 Å². The van der Waals surface area contributed by atoms with Crippen molar-refractivity contribution in [3.05, 3.63) is 21.9 Å². The number of halogens is 1. The SMILES string of the molecule is COCCOc1cc(/C=C2\SC(=O)NC2=O)nc(Cl)n1. The Kier molecular flexibility index (Phi) is 4.94. The number of nitrogens with zero attached hydrogens (tertiary/aromatic N) is 2. The molecule has 106 valence electrons. The second-order valence-electron chi connectivity index (χ2n) is 3.59. The molecular weight excluding hydrogens is 306 g/mol. The number of amides is 2. The third-order valence-electron chi connectivity index (χ3n) is 2.15. The number of thioether (sulfide) groups is 1. The lowest BCUT2D eigenvalue weighted by molar-refractivity contribution is -0.115. The van der Waals surface area contributed by atoms with E-state index in [-0.39, 0.29) is 16.1 Å². The van der Waals surface area contributed by atoms with Crippen molar-refractivity contribution in [1.82, 2.24) is 15.3 Å². The van der Waals surface area contributed by atoms with E-state index in [9.17, 15) is 9.59 Å². The minimum atomic E-state index is -0.461. The minimum absolute atomic E-state index is 0.0125. The van der Waals surface area contributed by atoms with Gasteiger partial charge in [-0.2, -0.15) is 4.98 Å². The monoisotopic (exact) mass is 315 g/mol. The molecule has 0 atom stereocenters. The molecule has 1 aromatic rings. The number of ether oxygens (including phenoxy) is 2. The van der Waals surface area contributed by atoms with Gasteiger partial charge in [0.1, 0.15) is 6.61 Å². The van der Waals surface area contributed by atoms with Crippen LogP contribution in [0, 0.1) is 0 Å². The fraction of sp³-hybridized carbons (Fsp3) is 0.273. The first-order chi connectivity index (χ1) is 9.58. The Morgan fingerprint density at radius 3 is 2.85 bits per heavy atom. The standard InChI is InChI=1S/C11H10ClN3O4S/c1-18-2-3-19-8-5-6(13-10(12)14-8)4-7-9(16)15-11(17)20-7/h4-5H,2-3H2,1H3,(H,15,16,17)/b7-4-. The second-order valence-corrected chi connectivity index (χ2v) is 4.95. The summed E-state index contributed by atoms with van der Waals surface area (Å²) < 4.78 is 10.2. The molecular formula is C11H10ClN3O4S. The smallest absolute Gasteiger partial charge is 0.290 e. The lowest BCUT2D eigenvalue weighted by Crippen LogP contribution is -2.17. The number of nitrogens with one attached hydrogen (secondary N) is 1. The number of carbonyl (C=O) groups excluding carboxylic acids is 2. The predicted molar refractivity (Wildman–Crippen MR) is 73.5 cm³/mol. The molecule has 1 saturated heterocycles. The third kappa shape index (κ3) is 3.92. The van der Waals surface area contributed by atoms with Gasteiger partial charge in [-0.1, -0.05) is 0 Å². The molecule has 2 rings (SSSR count). The van der Waals surface area contributed by atoms with Crippen molar-refractivity contribution in [3.63, 3.8) is 0 Å². The summed E-state index contributed by atoms with van der Waals surface area (Å²) in [5.74, 6) is -0.194. The van der Waals surface area contributed by atoms with Crippen LogP contribution in [0.3, 0.4) is 0 Å². The molecule has 0 bridgehead atoms. The van der Waals surface area contributed by atoms with E-state index in [0.29, 0.717) is 18.9 Å². The summed E-state index contributed by atoms with van der Waals surface area (Å²) in [4.78, 5) is 30.6. The maximum Gasteiger partial charge on any atom is 0.290 e. The first-order valence-electron chi connectivity index (χ1n) is 5.49. The summed E-state index contributed by atoms with van der Waals surface area (Å²) >= 11 is 6.58. The van der Waals surface area contributed by atoms with Crippen molar-refractivity contribution in [3.8, 4) is 5.88 Å². The van der Waals surface area contributed by atoms with E-state index in [0.717, 1.165) is 11.8 Å². The highest BCUT2D eigenvalue weighted by Gasteiger charge is 2.25. The van der Waals surface area contributed by atoms with Gasteiger partial charge in [0.05, 0.1) is 17.2 Å². The van der Waals surface area contributed by atoms with Crippen LogP contribution in [-0.4, -0.2) is 41.4 Å². The zero-order chi connectivity index (χ0) is 14.5. The van der Waals surface area contributed by atoms with Crippen molar-refractivity contribution in [1.29, 1.82) is 0 Å². The van der Waals surface area contributed by atoms with Gasteiger partial charge in [-0.05, 0) is 29.4 Å². The summed E-state index contributed by atoms with van der Waals surface area (Å²) in [5.41, 5.74) is 0.379. The second kappa shape index (κ2) is 6.69. The fourth-order valence-corrected chi connectivity index (χ4v) is 2.19. The molecule has 1 aliphatic heterocycles. The molecule has 0 saturated carbocycles. The highest BCUT2D eigenvalue weighted by Crippen LogP contribution is 2.26. The van der Waals surface area contributed by atoms with E-state index >= 15 is 0 Å². The molecule has 1 N–H and O–H groups in total.